The zero-order valence-electron chi connectivity index (χ0n) is 10.0. The molecule has 1 aromatic carbocycles. The number of hydrogen-bond donors (Lipinski definition) is 1. The average molecular weight is 248 g/mol. The van der Waals surface area contributed by atoms with Gasteiger partial charge in [0.2, 0.25) is 0 Å². The standard InChI is InChI=1S/C12H12N2O4/c1-7-3-4-9(14(16)17)11-10(7)12(15)8(5-13-11)6-18-2/h3-5H,6H2,1-2H3,(H,13,15). The molecule has 0 aliphatic carbocycles. The van der Waals surface area contributed by atoms with Gasteiger partial charge >= 0.3 is 0 Å². The van der Waals surface area contributed by atoms with E-state index in [0.717, 1.165) is 0 Å². The maximum absolute atomic E-state index is 12.2. The Bertz CT molecular complexity index is 676. The van der Waals surface area contributed by atoms with Gasteiger partial charge in [-0.1, -0.05) is 6.07 Å². The second kappa shape index (κ2) is 4.58. The summed E-state index contributed by atoms with van der Waals surface area (Å²) in [6, 6.07) is 2.97. The molecule has 2 aromatic rings. The van der Waals surface area contributed by atoms with Crippen molar-refractivity contribution in [2.75, 3.05) is 7.11 Å². The fourth-order valence-electron chi connectivity index (χ4n) is 1.93. The normalized spacial score (nSPS) is 10.8. The summed E-state index contributed by atoms with van der Waals surface area (Å²) in [4.78, 5) is 25.4. The van der Waals surface area contributed by atoms with Crippen LogP contribution in [-0.2, 0) is 11.3 Å². The predicted molar refractivity (Wildman–Crippen MR) is 66.7 cm³/mol. The van der Waals surface area contributed by atoms with E-state index in [9.17, 15) is 14.9 Å². The molecule has 1 aromatic heterocycles. The summed E-state index contributed by atoms with van der Waals surface area (Å²) in [5, 5.41) is 11.3. The lowest BCUT2D eigenvalue weighted by Gasteiger charge is -2.05. The van der Waals surface area contributed by atoms with Gasteiger partial charge in [0.1, 0.15) is 5.52 Å². The lowest BCUT2D eigenvalue weighted by Crippen LogP contribution is -2.12. The van der Waals surface area contributed by atoms with Gasteiger partial charge in [-0.2, -0.15) is 0 Å². The van der Waals surface area contributed by atoms with E-state index in [1.807, 2.05) is 0 Å². The number of ether oxygens (including phenoxy) is 1. The van der Waals surface area contributed by atoms with Crippen LogP contribution in [0, 0.1) is 17.0 Å². The molecule has 18 heavy (non-hydrogen) atoms. The van der Waals surface area contributed by atoms with E-state index in [-0.39, 0.29) is 23.2 Å². The van der Waals surface area contributed by atoms with Crippen molar-refractivity contribution in [2.24, 2.45) is 0 Å². The number of hydrogen-bond acceptors (Lipinski definition) is 4. The minimum atomic E-state index is -0.506. The molecule has 0 radical (unpaired) electrons. The van der Waals surface area contributed by atoms with Crippen molar-refractivity contribution in [3.8, 4) is 0 Å². The lowest BCUT2D eigenvalue weighted by molar-refractivity contribution is -0.383. The van der Waals surface area contributed by atoms with Crippen LogP contribution in [-0.4, -0.2) is 17.0 Å². The van der Waals surface area contributed by atoms with E-state index in [2.05, 4.69) is 4.98 Å². The van der Waals surface area contributed by atoms with Crippen LogP contribution in [0.4, 0.5) is 5.69 Å². The van der Waals surface area contributed by atoms with Crippen LogP contribution in [0.2, 0.25) is 0 Å². The summed E-state index contributed by atoms with van der Waals surface area (Å²) in [6.07, 6.45) is 1.46. The minimum absolute atomic E-state index is 0.100. The van der Waals surface area contributed by atoms with E-state index >= 15 is 0 Å². The van der Waals surface area contributed by atoms with E-state index in [4.69, 9.17) is 4.74 Å². The predicted octanol–water partition coefficient (Wildman–Crippen LogP) is 1.89. The number of nitrogens with one attached hydrogen (secondary N) is 1. The summed E-state index contributed by atoms with van der Waals surface area (Å²) in [6.45, 7) is 1.92. The molecule has 6 heteroatoms. The largest absolute Gasteiger partial charge is 0.380 e. The number of nitro groups is 1. The highest BCUT2D eigenvalue weighted by atomic mass is 16.6. The highest BCUT2D eigenvalue weighted by molar-refractivity contribution is 5.89. The number of pyridine rings is 1. The van der Waals surface area contributed by atoms with Crippen LogP contribution in [0.3, 0.4) is 0 Å². The first-order valence-corrected chi connectivity index (χ1v) is 5.33. The second-order valence-corrected chi connectivity index (χ2v) is 3.98. The van der Waals surface area contributed by atoms with E-state index < -0.39 is 4.92 Å². The molecule has 0 spiro atoms. The topological polar surface area (TPSA) is 85.2 Å². The number of non-ortho nitro benzene ring substituents is 1. The number of H-pyrrole nitrogens is 1. The zero-order chi connectivity index (χ0) is 13.3. The van der Waals surface area contributed by atoms with Crippen LogP contribution in [0.5, 0.6) is 0 Å². The van der Waals surface area contributed by atoms with Gasteiger partial charge in [-0.3, -0.25) is 14.9 Å². The summed E-state index contributed by atoms with van der Waals surface area (Å²) in [5.41, 5.74) is 1.08. The summed E-state index contributed by atoms with van der Waals surface area (Å²) in [7, 11) is 1.49. The summed E-state index contributed by atoms with van der Waals surface area (Å²) < 4.78 is 4.92. The van der Waals surface area contributed by atoms with Crippen LogP contribution < -0.4 is 5.43 Å². The molecule has 0 saturated heterocycles. The van der Waals surface area contributed by atoms with E-state index in [1.165, 1.54) is 19.4 Å². The van der Waals surface area contributed by atoms with Crippen molar-refractivity contribution in [2.45, 2.75) is 13.5 Å². The van der Waals surface area contributed by atoms with Crippen LogP contribution in [0.1, 0.15) is 11.1 Å². The minimum Gasteiger partial charge on any atom is -0.380 e. The summed E-state index contributed by atoms with van der Waals surface area (Å²) in [5.74, 6) is 0. The number of fused-ring (bicyclic) bond motifs is 1. The third kappa shape index (κ3) is 1.86. The number of rotatable bonds is 3. The molecule has 0 fully saturated rings. The highest BCUT2D eigenvalue weighted by Crippen LogP contribution is 2.24. The van der Waals surface area contributed by atoms with Crippen molar-refractivity contribution in [1.82, 2.24) is 4.98 Å². The third-order valence-electron chi connectivity index (χ3n) is 2.80. The number of nitrogens with zero attached hydrogens (tertiary/aromatic N) is 1. The highest BCUT2D eigenvalue weighted by Gasteiger charge is 2.17. The number of methoxy groups -OCH3 is 1. The fraction of sp³-hybridized carbons (Fsp3) is 0.250. The Morgan fingerprint density at radius 3 is 2.78 bits per heavy atom. The first-order chi connectivity index (χ1) is 8.56. The molecule has 1 heterocycles. The Balaban J connectivity index is 2.85. The quantitative estimate of drug-likeness (QED) is 0.663. The van der Waals surface area contributed by atoms with E-state index in [1.54, 1.807) is 13.0 Å². The Morgan fingerprint density at radius 2 is 2.17 bits per heavy atom. The maximum Gasteiger partial charge on any atom is 0.293 e. The molecule has 2 rings (SSSR count). The van der Waals surface area contributed by atoms with Gasteiger partial charge in [0.05, 0.1) is 16.9 Å². The van der Waals surface area contributed by atoms with Crippen LogP contribution in [0.25, 0.3) is 10.9 Å². The van der Waals surface area contributed by atoms with Crippen molar-refractivity contribution in [3.63, 3.8) is 0 Å². The molecule has 94 valence electrons. The number of aromatic nitrogens is 1. The van der Waals surface area contributed by atoms with Gasteiger partial charge in [0, 0.05) is 24.9 Å². The van der Waals surface area contributed by atoms with Gasteiger partial charge < -0.3 is 9.72 Å². The third-order valence-corrected chi connectivity index (χ3v) is 2.80. The number of benzene rings is 1. The molecule has 0 aliphatic rings. The average Bonchev–Trinajstić information content (AvgIpc) is 2.32. The Morgan fingerprint density at radius 1 is 1.44 bits per heavy atom. The molecule has 1 N–H and O–H groups in total. The zero-order valence-corrected chi connectivity index (χ0v) is 10.0. The monoisotopic (exact) mass is 248 g/mol. The Labute approximate surface area is 102 Å². The smallest absolute Gasteiger partial charge is 0.293 e. The van der Waals surface area contributed by atoms with E-state index in [0.29, 0.717) is 16.5 Å². The lowest BCUT2D eigenvalue weighted by atomic mass is 10.1. The maximum atomic E-state index is 12.2. The molecule has 0 bridgehead atoms. The number of aromatic amines is 1. The molecular formula is C12H12N2O4. The molecule has 0 unspecified atom stereocenters. The van der Waals surface area contributed by atoms with Crippen LogP contribution >= 0.6 is 0 Å². The van der Waals surface area contributed by atoms with Gasteiger partial charge in [-0.15, -0.1) is 0 Å². The molecule has 0 aliphatic heterocycles. The molecule has 6 nitrogen and oxygen atoms in total. The molecule has 0 atom stereocenters. The Hall–Kier alpha value is -2.21. The fourth-order valence-corrected chi connectivity index (χ4v) is 1.93. The van der Waals surface area contributed by atoms with Crippen molar-refractivity contribution >= 4 is 16.6 Å². The van der Waals surface area contributed by atoms with Gasteiger partial charge in [0.15, 0.2) is 5.43 Å². The number of aryl methyl sites for hydroxylation is 1. The Kier molecular flexibility index (Phi) is 3.12. The number of nitro benzene ring substituents is 1. The van der Waals surface area contributed by atoms with Gasteiger partial charge in [0.25, 0.3) is 5.69 Å². The summed E-state index contributed by atoms with van der Waals surface area (Å²) >= 11 is 0. The van der Waals surface area contributed by atoms with Gasteiger partial charge in [-0.05, 0) is 12.5 Å². The van der Waals surface area contributed by atoms with Gasteiger partial charge in [-0.25, -0.2) is 0 Å². The first-order valence-electron chi connectivity index (χ1n) is 5.33. The van der Waals surface area contributed by atoms with Crippen LogP contribution in [0.15, 0.2) is 23.1 Å². The second-order valence-electron chi connectivity index (χ2n) is 3.98. The molecule has 0 amide bonds. The van der Waals surface area contributed by atoms with Crippen molar-refractivity contribution < 1.29 is 9.66 Å². The molecule has 0 saturated carbocycles. The van der Waals surface area contributed by atoms with Crippen molar-refractivity contribution in [1.29, 1.82) is 0 Å². The SMILES string of the molecule is COCc1c[nH]c2c([N+](=O)[O-])ccc(C)c2c1=O. The van der Waals surface area contributed by atoms with Crippen molar-refractivity contribution in [3.05, 3.63) is 49.8 Å². The molecular weight excluding hydrogens is 236 g/mol. The first kappa shape index (κ1) is 12.3.